The van der Waals surface area contributed by atoms with E-state index in [4.69, 9.17) is 22.1 Å². The van der Waals surface area contributed by atoms with E-state index in [9.17, 15) is 14.3 Å². The number of carbonyl (C=O) groups excluding carboxylic acids is 1. The fourth-order valence-electron chi connectivity index (χ4n) is 5.14. The number of amides is 1. The molecule has 0 spiro atoms. The third-order valence-corrected chi connectivity index (χ3v) is 7.11. The lowest BCUT2D eigenvalue weighted by Gasteiger charge is -2.36. The predicted molar refractivity (Wildman–Crippen MR) is 119 cm³/mol. The Bertz CT molecular complexity index is 1110. The summed E-state index contributed by atoms with van der Waals surface area (Å²) in [7, 11) is 2.01. The lowest BCUT2D eigenvalue weighted by molar-refractivity contribution is -0.386. The second kappa shape index (κ2) is 8.55. The first-order valence-electron chi connectivity index (χ1n) is 11.0. The van der Waals surface area contributed by atoms with Gasteiger partial charge in [-0.3, -0.25) is 9.69 Å². The summed E-state index contributed by atoms with van der Waals surface area (Å²) >= 11 is 5.90. The molecule has 2 aromatic rings. The van der Waals surface area contributed by atoms with Gasteiger partial charge in [-0.1, -0.05) is 11.6 Å². The molecule has 33 heavy (non-hydrogen) atoms. The van der Waals surface area contributed by atoms with Crippen LogP contribution in [0.4, 0.5) is 4.39 Å². The van der Waals surface area contributed by atoms with Gasteiger partial charge in [0.2, 0.25) is 0 Å². The van der Waals surface area contributed by atoms with Crippen LogP contribution >= 0.6 is 11.6 Å². The van der Waals surface area contributed by atoms with E-state index in [2.05, 4.69) is 14.9 Å². The number of aromatic amines is 1. The maximum atomic E-state index is 14.1. The van der Waals surface area contributed by atoms with E-state index in [0.29, 0.717) is 41.4 Å². The van der Waals surface area contributed by atoms with Crippen molar-refractivity contribution in [1.82, 2.24) is 14.8 Å². The van der Waals surface area contributed by atoms with Gasteiger partial charge in [0.15, 0.2) is 6.20 Å². The Balaban J connectivity index is 1.34. The van der Waals surface area contributed by atoms with E-state index in [1.807, 2.05) is 7.05 Å². The van der Waals surface area contributed by atoms with Gasteiger partial charge in [0.1, 0.15) is 28.9 Å². The molecule has 0 radical (unpaired) electrons. The number of ether oxygens (including phenoxy) is 1. The second-order valence-corrected chi connectivity index (χ2v) is 9.42. The molecule has 0 saturated carbocycles. The largest absolute Gasteiger partial charge is 0.489 e. The summed E-state index contributed by atoms with van der Waals surface area (Å²) in [6, 6.07) is 4.18. The second-order valence-electron chi connectivity index (χ2n) is 8.99. The molecule has 1 aromatic heterocycles. The summed E-state index contributed by atoms with van der Waals surface area (Å²) in [5.74, 6) is -0.0140. The molecule has 10 heteroatoms. The number of halogens is 2. The number of aromatic nitrogens is 2. The number of carbonyl (C=O) groups is 1. The Kier molecular flexibility index (Phi) is 5.72. The number of aliphatic hydroxyl groups excluding tert-OH is 1. The first-order chi connectivity index (χ1) is 15.8. The predicted octanol–water partition coefficient (Wildman–Crippen LogP) is 1.49. The van der Waals surface area contributed by atoms with Gasteiger partial charge < -0.3 is 20.5 Å². The lowest BCUT2D eigenvalue weighted by Crippen LogP contribution is -2.46. The minimum Gasteiger partial charge on any atom is -0.489 e. The molecule has 3 aliphatic heterocycles. The number of rotatable bonds is 4. The first-order valence-corrected chi connectivity index (χ1v) is 11.3. The molecule has 3 aliphatic rings. The van der Waals surface area contributed by atoms with E-state index in [1.54, 1.807) is 11.1 Å². The molecular weight excluding hydrogens is 449 g/mol. The number of H-pyrrole nitrogens is 1. The van der Waals surface area contributed by atoms with Gasteiger partial charge in [-0.2, -0.15) is 0 Å². The minimum absolute atomic E-state index is 0.00900. The van der Waals surface area contributed by atoms with Gasteiger partial charge in [-0.05, 0) is 37.0 Å². The highest BCUT2D eigenvalue weighted by atomic mass is 35.5. The fraction of sp³-hybridized carbons (Fsp3) is 0.435. The van der Waals surface area contributed by atoms with E-state index >= 15 is 0 Å². The lowest BCUT2D eigenvalue weighted by atomic mass is 10.00. The maximum absolute atomic E-state index is 14.1. The Morgan fingerprint density at radius 2 is 2.15 bits per heavy atom. The maximum Gasteiger partial charge on any atom is 0.327 e. The van der Waals surface area contributed by atoms with Crippen molar-refractivity contribution in [2.75, 3.05) is 20.1 Å². The number of piperidine rings is 1. The molecule has 2 bridgehead atoms. The molecule has 5 rings (SSSR count). The van der Waals surface area contributed by atoms with E-state index in [-0.39, 0.29) is 48.5 Å². The normalized spacial score (nSPS) is 27.3. The number of nitrogens with zero attached hydrogens (tertiary/aromatic N) is 3. The van der Waals surface area contributed by atoms with Crippen LogP contribution in [0.1, 0.15) is 35.4 Å². The van der Waals surface area contributed by atoms with Crippen LogP contribution in [0, 0.1) is 5.82 Å². The Labute approximate surface area is 195 Å². The van der Waals surface area contributed by atoms with Crippen LogP contribution < -0.4 is 15.5 Å². The highest BCUT2D eigenvalue weighted by Crippen LogP contribution is 2.37. The summed E-state index contributed by atoms with van der Waals surface area (Å²) in [4.78, 5) is 24.4. The molecule has 8 nitrogen and oxygen atoms in total. The van der Waals surface area contributed by atoms with E-state index in [1.165, 1.54) is 24.4 Å². The van der Waals surface area contributed by atoms with Crippen LogP contribution in [0.2, 0.25) is 5.02 Å². The van der Waals surface area contributed by atoms with Crippen molar-refractivity contribution in [3.63, 3.8) is 0 Å². The summed E-state index contributed by atoms with van der Waals surface area (Å²) < 4.78 is 20.3. The number of aliphatic hydroxyl groups is 1. The van der Waals surface area contributed by atoms with Crippen LogP contribution in [-0.2, 0) is 0 Å². The van der Waals surface area contributed by atoms with Crippen molar-refractivity contribution < 1.29 is 24.0 Å². The molecule has 2 fully saturated rings. The average molecular weight is 475 g/mol. The number of fused-ring (bicyclic) bond motifs is 2. The van der Waals surface area contributed by atoms with Crippen LogP contribution in [0.3, 0.4) is 0 Å². The summed E-state index contributed by atoms with van der Waals surface area (Å²) in [6.45, 7) is 0.491. The zero-order valence-electron chi connectivity index (χ0n) is 18.2. The smallest absolute Gasteiger partial charge is 0.327 e. The van der Waals surface area contributed by atoms with Crippen LogP contribution in [-0.4, -0.2) is 70.2 Å². The fourth-order valence-corrected chi connectivity index (χ4v) is 5.24. The van der Waals surface area contributed by atoms with Gasteiger partial charge in [0.05, 0.1) is 30.3 Å². The highest BCUT2D eigenvalue weighted by Gasteiger charge is 2.45. The molecule has 4 heterocycles. The molecule has 4 N–H and O–H groups in total. The Morgan fingerprint density at radius 1 is 1.33 bits per heavy atom. The van der Waals surface area contributed by atoms with Gasteiger partial charge in [0, 0.05) is 30.3 Å². The van der Waals surface area contributed by atoms with Crippen molar-refractivity contribution in [2.24, 2.45) is 5.73 Å². The monoisotopic (exact) mass is 474 g/mol. The molecular formula is C23H26ClFN5O3+. The van der Waals surface area contributed by atoms with Gasteiger partial charge in [-0.25, -0.2) is 9.37 Å². The van der Waals surface area contributed by atoms with Gasteiger partial charge >= 0.3 is 5.82 Å². The third kappa shape index (κ3) is 4.16. The van der Waals surface area contributed by atoms with Crippen molar-refractivity contribution in [3.8, 4) is 5.75 Å². The highest BCUT2D eigenvalue weighted by molar-refractivity contribution is 6.30. The van der Waals surface area contributed by atoms with Gasteiger partial charge in [0.25, 0.3) is 5.91 Å². The number of benzene rings is 1. The minimum atomic E-state index is -0.475. The average Bonchev–Trinajstić information content (AvgIpc) is 3.22. The summed E-state index contributed by atoms with van der Waals surface area (Å²) in [5.41, 5.74) is 7.73. The first kappa shape index (κ1) is 22.1. The number of likely N-dealkylation sites (N-methyl/N-ethyl adjacent to an activating group) is 1. The molecule has 2 saturated heterocycles. The number of hydrogen-bond donors (Lipinski definition) is 2. The van der Waals surface area contributed by atoms with E-state index < -0.39 is 11.9 Å². The third-order valence-electron chi connectivity index (χ3n) is 6.90. The number of nitrogens with two attached hydrogens (primary N) is 1. The van der Waals surface area contributed by atoms with Crippen molar-refractivity contribution in [2.45, 2.75) is 43.6 Å². The molecule has 4 atom stereocenters. The van der Waals surface area contributed by atoms with Crippen LogP contribution in [0.15, 0.2) is 36.3 Å². The SMILES string of the molecule is CN1C2CC(Oc3cc(F)ccc3C(=O)N3CC(N)=C(c4ncc(Cl)c[nH+]4)C3)CC1[C@@H](O)C2. The Hall–Kier alpha value is -2.75. The van der Waals surface area contributed by atoms with Crippen molar-refractivity contribution in [3.05, 3.63) is 58.5 Å². The molecule has 174 valence electrons. The van der Waals surface area contributed by atoms with Crippen LogP contribution in [0.25, 0.3) is 5.57 Å². The quantitative estimate of drug-likeness (QED) is 0.695. The van der Waals surface area contributed by atoms with Gasteiger partial charge in [-0.15, -0.1) is 0 Å². The molecule has 0 aliphatic carbocycles. The van der Waals surface area contributed by atoms with Crippen molar-refractivity contribution >= 4 is 23.1 Å². The topological polar surface area (TPSA) is 106 Å². The molecule has 3 unspecified atom stereocenters. The summed E-state index contributed by atoms with van der Waals surface area (Å²) in [6.07, 6.45) is 4.56. The molecule has 1 amide bonds. The zero-order chi connectivity index (χ0) is 23.3. The van der Waals surface area contributed by atoms with E-state index in [0.717, 1.165) is 0 Å². The number of nitrogens with one attached hydrogen (secondary N) is 1. The zero-order valence-corrected chi connectivity index (χ0v) is 18.9. The standard InChI is InChI=1S/C23H25ClFN5O3/c1-29-14-5-15(7-19(29)20(31)6-14)33-21-4-13(25)2-3-16(21)23(32)30-10-17(18(26)11-30)22-27-8-12(24)9-28-22/h2-4,8-9,14-15,19-20,31H,5-7,10-11,26H2,1H3/p+1/t14?,15?,19?,20-/m0/s1. The van der Waals surface area contributed by atoms with Crippen molar-refractivity contribution in [1.29, 1.82) is 0 Å². The summed E-state index contributed by atoms with van der Waals surface area (Å²) in [5, 5.41) is 10.8. The Morgan fingerprint density at radius 3 is 2.88 bits per heavy atom. The van der Waals surface area contributed by atoms with Crippen LogP contribution in [0.5, 0.6) is 5.75 Å². The molecule has 1 aromatic carbocycles. The number of hydrogen-bond acceptors (Lipinski definition) is 6.